The summed E-state index contributed by atoms with van der Waals surface area (Å²) in [5, 5.41) is 9.45. The van der Waals surface area contributed by atoms with Crippen molar-refractivity contribution in [3.05, 3.63) is 28.0 Å². The summed E-state index contributed by atoms with van der Waals surface area (Å²) in [6, 6.07) is 3.34. The summed E-state index contributed by atoms with van der Waals surface area (Å²) in [5.41, 5.74) is 0. The van der Waals surface area contributed by atoms with Crippen molar-refractivity contribution in [3.8, 4) is 0 Å². The number of carbonyl (C=O) groups is 2. The molecule has 5 heteroatoms. The molecular formula is C16H19NO3S. The number of likely N-dealkylation sites (tertiary alicyclic amines) is 1. The maximum atomic E-state index is 12.4. The van der Waals surface area contributed by atoms with Crippen molar-refractivity contribution in [2.24, 2.45) is 11.8 Å². The van der Waals surface area contributed by atoms with E-state index in [2.05, 4.69) is 0 Å². The Bertz CT molecular complexity index is 592. The summed E-state index contributed by atoms with van der Waals surface area (Å²) in [6.45, 7) is 2.61. The quantitative estimate of drug-likeness (QED) is 0.874. The van der Waals surface area contributed by atoms with Gasteiger partial charge >= 0.3 is 5.97 Å². The van der Waals surface area contributed by atoms with Crippen LogP contribution in [0.2, 0.25) is 0 Å². The first-order valence-corrected chi connectivity index (χ1v) is 8.16. The van der Waals surface area contributed by atoms with E-state index in [4.69, 9.17) is 0 Å². The van der Waals surface area contributed by atoms with Crippen LogP contribution in [0.3, 0.4) is 0 Å². The molecular weight excluding hydrogens is 286 g/mol. The Labute approximate surface area is 128 Å². The molecule has 3 atom stereocenters. The Morgan fingerprint density at radius 3 is 2.86 bits per heavy atom. The minimum atomic E-state index is -0.863. The van der Waals surface area contributed by atoms with Crippen molar-refractivity contribution in [1.82, 2.24) is 4.90 Å². The van der Waals surface area contributed by atoms with Crippen LogP contribution in [0.4, 0.5) is 0 Å². The maximum Gasteiger partial charge on any atom is 0.326 e. The van der Waals surface area contributed by atoms with Gasteiger partial charge in [0.2, 0.25) is 5.91 Å². The number of rotatable bonds is 3. The zero-order chi connectivity index (χ0) is 15.0. The van der Waals surface area contributed by atoms with Gasteiger partial charge in [-0.1, -0.05) is 6.42 Å². The zero-order valence-electron chi connectivity index (χ0n) is 12.0. The van der Waals surface area contributed by atoms with E-state index in [-0.39, 0.29) is 11.8 Å². The van der Waals surface area contributed by atoms with Gasteiger partial charge in [-0.15, -0.1) is 11.3 Å². The number of fused-ring (bicyclic) bond motifs is 1. The molecule has 0 spiro atoms. The van der Waals surface area contributed by atoms with Gasteiger partial charge in [-0.25, -0.2) is 4.79 Å². The molecule has 21 heavy (non-hydrogen) atoms. The van der Waals surface area contributed by atoms with Crippen LogP contribution in [0, 0.1) is 18.8 Å². The standard InChI is InChI=1S/C16H19NO3S/c1-10-5-6-12(21-10)7-8-14(18)17-9-11-3-2-4-13(11)15(17)16(19)20/h5-8,11,13,15H,2-4,9H2,1H3,(H,19,20)/b8-7+. The second-order valence-electron chi connectivity index (χ2n) is 5.91. The fraction of sp³-hybridized carbons (Fsp3) is 0.500. The minimum Gasteiger partial charge on any atom is -0.480 e. The lowest BCUT2D eigenvalue weighted by Crippen LogP contribution is -2.42. The number of carbonyl (C=O) groups excluding carboxylic acids is 1. The van der Waals surface area contributed by atoms with Gasteiger partial charge in [0.25, 0.3) is 0 Å². The van der Waals surface area contributed by atoms with Crippen LogP contribution in [0.5, 0.6) is 0 Å². The number of hydrogen-bond donors (Lipinski definition) is 1. The van der Waals surface area contributed by atoms with Crippen LogP contribution >= 0.6 is 11.3 Å². The van der Waals surface area contributed by atoms with Crippen LogP contribution in [0.1, 0.15) is 29.0 Å². The van der Waals surface area contributed by atoms with Gasteiger partial charge < -0.3 is 10.0 Å². The number of hydrogen-bond acceptors (Lipinski definition) is 3. The predicted molar refractivity (Wildman–Crippen MR) is 82.1 cm³/mol. The van der Waals surface area contributed by atoms with E-state index in [0.717, 1.165) is 24.1 Å². The Balaban J connectivity index is 1.74. The average Bonchev–Trinajstić information content (AvgIpc) is 3.09. The summed E-state index contributed by atoms with van der Waals surface area (Å²) >= 11 is 1.62. The van der Waals surface area contributed by atoms with E-state index in [1.165, 1.54) is 11.0 Å². The lowest BCUT2D eigenvalue weighted by Gasteiger charge is -2.23. The zero-order valence-corrected chi connectivity index (χ0v) is 12.8. The van der Waals surface area contributed by atoms with Gasteiger partial charge in [-0.05, 0) is 49.8 Å². The molecule has 1 saturated heterocycles. The third-order valence-corrected chi connectivity index (χ3v) is 5.54. The molecule has 0 aromatic carbocycles. The highest BCUT2D eigenvalue weighted by molar-refractivity contribution is 7.12. The molecule has 2 heterocycles. The highest BCUT2D eigenvalue weighted by Gasteiger charge is 2.48. The Kier molecular flexibility index (Phi) is 3.85. The number of carboxylic acids is 1. The van der Waals surface area contributed by atoms with E-state index in [9.17, 15) is 14.7 Å². The van der Waals surface area contributed by atoms with Crippen molar-refractivity contribution in [1.29, 1.82) is 0 Å². The van der Waals surface area contributed by atoms with Crippen LogP contribution < -0.4 is 0 Å². The maximum absolute atomic E-state index is 12.4. The van der Waals surface area contributed by atoms with Gasteiger partial charge in [-0.2, -0.15) is 0 Å². The molecule has 0 bridgehead atoms. The van der Waals surface area contributed by atoms with Crippen LogP contribution in [-0.4, -0.2) is 34.5 Å². The van der Waals surface area contributed by atoms with E-state index < -0.39 is 12.0 Å². The van der Waals surface area contributed by atoms with Gasteiger partial charge in [0.05, 0.1) is 0 Å². The monoisotopic (exact) mass is 305 g/mol. The summed E-state index contributed by atoms with van der Waals surface area (Å²) < 4.78 is 0. The lowest BCUT2D eigenvalue weighted by atomic mass is 9.94. The molecule has 4 nitrogen and oxygen atoms in total. The van der Waals surface area contributed by atoms with Gasteiger partial charge in [0.1, 0.15) is 6.04 Å². The predicted octanol–water partition coefficient (Wildman–Crippen LogP) is 2.78. The topological polar surface area (TPSA) is 57.6 Å². The van der Waals surface area contributed by atoms with Crippen LogP contribution in [0.15, 0.2) is 18.2 Å². The molecule has 1 amide bonds. The highest BCUT2D eigenvalue weighted by Crippen LogP contribution is 2.42. The summed E-state index contributed by atoms with van der Waals surface area (Å²) in [5.74, 6) is -0.530. The van der Waals surface area contributed by atoms with Gasteiger partial charge in [0, 0.05) is 22.4 Å². The molecule has 1 N–H and O–H groups in total. The smallest absolute Gasteiger partial charge is 0.326 e. The van der Waals surface area contributed by atoms with E-state index in [1.807, 2.05) is 19.1 Å². The fourth-order valence-corrected chi connectivity index (χ4v) is 4.42. The highest BCUT2D eigenvalue weighted by atomic mass is 32.1. The first-order valence-electron chi connectivity index (χ1n) is 7.34. The van der Waals surface area contributed by atoms with Crippen molar-refractivity contribution < 1.29 is 14.7 Å². The Morgan fingerprint density at radius 2 is 2.19 bits per heavy atom. The number of carboxylic acid groups (broad SMARTS) is 1. The van der Waals surface area contributed by atoms with E-state index in [1.54, 1.807) is 22.3 Å². The van der Waals surface area contributed by atoms with Gasteiger partial charge in [0.15, 0.2) is 0 Å². The van der Waals surface area contributed by atoms with Crippen LogP contribution in [-0.2, 0) is 9.59 Å². The fourth-order valence-electron chi connectivity index (χ4n) is 3.64. The molecule has 1 aromatic rings. The number of nitrogens with zero attached hydrogens (tertiary/aromatic N) is 1. The molecule has 1 aliphatic heterocycles. The van der Waals surface area contributed by atoms with Crippen LogP contribution in [0.25, 0.3) is 6.08 Å². The molecule has 1 aromatic heterocycles. The molecule has 2 fully saturated rings. The Morgan fingerprint density at radius 1 is 1.38 bits per heavy atom. The number of aliphatic carboxylic acids is 1. The molecule has 2 aliphatic rings. The van der Waals surface area contributed by atoms with Crippen molar-refractivity contribution in [2.45, 2.75) is 32.2 Å². The molecule has 3 rings (SSSR count). The largest absolute Gasteiger partial charge is 0.480 e. The summed E-state index contributed by atoms with van der Waals surface area (Å²) in [7, 11) is 0. The molecule has 3 unspecified atom stereocenters. The third-order valence-electron chi connectivity index (χ3n) is 4.58. The van der Waals surface area contributed by atoms with Crippen molar-refractivity contribution >= 4 is 29.3 Å². The number of thiophene rings is 1. The first kappa shape index (κ1) is 14.3. The molecule has 1 aliphatic carbocycles. The van der Waals surface area contributed by atoms with Gasteiger partial charge in [-0.3, -0.25) is 4.79 Å². The molecule has 112 valence electrons. The molecule has 1 saturated carbocycles. The van der Waals surface area contributed by atoms with E-state index >= 15 is 0 Å². The SMILES string of the molecule is Cc1ccc(/C=C/C(=O)N2CC3CCCC3C2C(=O)O)s1. The normalized spacial score (nSPS) is 28.2. The number of aryl methyl sites for hydroxylation is 1. The minimum absolute atomic E-state index is 0.142. The number of amides is 1. The van der Waals surface area contributed by atoms with E-state index in [0.29, 0.717) is 12.5 Å². The lowest BCUT2D eigenvalue weighted by molar-refractivity contribution is -0.148. The van der Waals surface area contributed by atoms with Crippen molar-refractivity contribution in [3.63, 3.8) is 0 Å². The first-order chi connectivity index (χ1) is 10.1. The summed E-state index contributed by atoms with van der Waals surface area (Å²) in [4.78, 5) is 27.6. The van der Waals surface area contributed by atoms with Crippen molar-refractivity contribution in [2.75, 3.05) is 6.54 Å². The second-order valence-corrected chi connectivity index (χ2v) is 7.23. The summed E-state index contributed by atoms with van der Waals surface area (Å²) in [6.07, 6.45) is 6.37. The second kappa shape index (κ2) is 5.64. The Hall–Kier alpha value is -1.62. The molecule has 0 radical (unpaired) electrons. The average molecular weight is 305 g/mol. The third kappa shape index (κ3) is 2.75.